The summed E-state index contributed by atoms with van der Waals surface area (Å²) in [6, 6.07) is 14.0. The third-order valence-electron chi connectivity index (χ3n) is 4.80. The molecular weight excluding hydrogens is 384 g/mol. The predicted molar refractivity (Wildman–Crippen MR) is 114 cm³/mol. The van der Waals surface area contributed by atoms with E-state index in [1.807, 2.05) is 31.2 Å². The minimum absolute atomic E-state index is 0.113. The Morgan fingerprint density at radius 1 is 1.10 bits per heavy atom. The standard InChI is InChI=1S/C23H26N2O5/c1-3-13-30-18-11-9-17(10-12-18)25-15-16(14-21(25)26)22(27)24-20-8-6-5-7-19(20)23(28)29-4-2/h5-12,16H,3-4,13-15H2,1-2H3,(H,24,27)/t16-/m1/s1. The number of anilines is 2. The van der Waals surface area contributed by atoms with Crippen LogP contribution in [0.3, 0.4) is 0 Å². The number of carbonyl (C=O) groups excluding carboxylic acids is 3. The van der Waals surface area contributed by atoms with Crippen LogP contribution in [0.25, 0.3) is 0 Å². The Hall–Kier alpha value is -3.35. The van der Waals surface area contributed by atoms with Crippen LogP contribution in [-0.2, 0) is 14.3 Å². The molecule has 7 nitrogen and oxygen atoms in total. The lowest BCUT2D eigenvalue weighted by atomic mass is 10.1. The fourth-order valence-electron chi connectivity index (χ4n) is 3.29. The van der Waals surface area contributed by atoms with Crippen molar-refractivity contribution in [2.24, 2.45) is 5.92 Å². The van der Waals surface area contributed by atoms with E-state index in [-0.39, 0.29) is 37.0 Å². The highest BCUT2D eigenvalue weighted by atomic mass is 16.5. The van der Waals surface area contributed by atoms with Crippen molar-refractivity contribution >= 4 is 29.2 Å². The number of ether oxygens (including phenoxy) is 2. The Morgan fingerprint density at radius 3 is 2.53 bits per heavy atom. The summed E-state index contributed by atoms with van der Waals surface area (Å²) in [5.74, 6) is -0.676. The number of esters is 1. The van der Waals surface area contributed by atoms with E-state index in [0.717, 1.165) is 17.9 Å². The number of rotatable bonds is 8. The molecule has 1 heterocycles. The molecule has 0 bridgehead atoms. The van der Waals surface area contributed by atoms with Crippen molar-refractivity contribution in [2.45, 2.75) is 26.7 Å². The molecule has 1 aliphatic rings. The van der Waals surface area contributed by atoms with Gasteiger partial charge in [-0.1, -0.05) is 19.1 Å². The first-order valence-electron chi connectivity index (χ1n) is 10.1. The quantitative estimate of drug-likeness (QED) is 0.672. The van der Waals surface area contributed by atoms with Gasteiger partial charge in [0, 0.05) is 18.7 Å². The monoisotopic (exact) mass is 410 g/mol. The Kier molecular flexibility index (Phi) is 7.06. The zero-order valence-corrected chi connectivity index (χ0v) is 17.2. The summed E-state index contributed by atoms with van der Waals surface area (Å²) >= 11 is 0. The molecule has 2 aromatic carbocycles. The molecule has 1 fully saturated rings. The average Bonchev–Trinajstić information content (AvgIpc) is 3.15. The highest BCUT2D eigenvalue weighted by Gasteiger charge is 2.35. The Balaban J connectivity index is 1.67. The number of amides is 2. The van der Waals surface area contributed by atoms with E-state index in [0.29, 0.717) is 12.3 Å². The second-order valence-electron chi connectivity index (χ2n) is 7.00. The second-order valence-corrected chi connectivity index (χ2v) is 7.00. The summed E-state index contributed by atoms with van der Waals surface area (Å²) in [7, 11) is 0. The normalized spacial score (nSPS) is 15.7. The molecule has 2 aromatic rings. The topological polar surface area (TPSA) is 84.9 Å². The molecule has 0 unspecified atom stereocenters. The maximum Gasteiger partial charge on any atom is 0.340 e. The fourth-order valence-corrected chi connectivity index (χ4v) is 3.29. The van der Waals surface area contributed by atoms with E-state index in [1.165, 1.54) is 0 Å². The van der Waals surface area contributed by atoms with Crippen LogP contribution >= 0.6 is 0 Å². The zero-order valence-electron chi connectivity index (χ0n) is 17.2. The first kappa shape index (κ1) is 21.4. The van der Waals surface area contributed by atoms with Gasteiger partial charge in [0.2, 0.25) is 11.8 Å². The van der Waals surface area contributed by atoms with Gasteiger partial charge in [-0.05, 0) is 49.7 Å². The number of hydrogen-bond donors (Lipinski definition) is 1. The largest absolute Gasteiger partial charge is 0.494 e. The number of para-hydroxylation sites is 1. The molecule has 0 spiro atoms. The molecule has 0 aromatic heterocycles. The predicted octanol–water partition coefficient (Wildman–Crippen LogP) is 3.64. The number of nitrogens with zero attached hydrogens (tertiary/aromatic N) is 1. The van der Waals surface area contributed by atoms with E-state index in [2.05, 4.69) is 5.32 Å². The van der Waals surface area contributed by atoms with E-state index in [1.54, 1.807) is 36.1 Å². The molecule has 3 rings (SSSR count). The van der Waals surface area contributed by atoms with Crippen LogP contribution in [0.5, 0.6) is 5.75 Å². The van der Waals surface area contributed by atoms with Gasteiger partial charge in [-0.3, -0.25) is 9.59 Å². The van der Waals surface area contributed by atoms with Gasteiger partial charge in [-0.2, -0.15) is 0 Å². The van der Waals surface area contributed by atoms with Gasteiger partial charge in [0.1, 0.15) is 5.75 Å². The summed E-state index contributed by atoms with van der Waals surface area (Å²) < 4.78 is 10.6. The van der Waals surface area contributed by atoms with Crippen LogP contribution in [0, 0.1) is 5.92 Å². The lowest BCUT2D eigenvalue weighted by Crippen LogP contribution is -2.28. The average molecular weight is 410 g/mol. The van der Waals surface area contributed by atoms with E-state index in [4.69, 9.17) is 9.47 Å². The van der Waals surface area contributed by atoms with Gasteiger partial charge in [0.05, 0.1) is 30.4 Å². The molecule has 1 saturated heterocycles. The number of hydrogen-bond acceptors (Lipinski definition) is 5. The molecule has 0 radical (unpaired) electrons. The van der Waals surface area contributed by atoms with Crippen LogP contribution in [0.1, 0.15) is 37.0 Å². The highest BCUT2D eigenvalue weighted by molar-refractivity contribution is 6.06. The zero-order chi connectivity index (χ0) is 21.5. The third-order valence-corrected chi connectivity index (χ3v) is 4.80. The molecule has 1 atom stereocenters. The maximum atomic E-state index is 12.8. The van der Waals surface area contributed by atoms with Gasteiger partial charge < -0.3 is 19.7 Å². The molecule has 1 aliphatic heterocycles. The second kappa shape index (κ2) is 9.91. The number of benzene rings is 2. The molecule has 7 heteroatoms. The Labute approximate surface area is 176 Å². The number of nitrogens with one attached hydrogen (secondary N) is 1. The summed E-state index contributed by atoms with van der Waals surface area (Å²) in [6.07, 6.45) is 1.03. The number of carbonyl (C=O) groups is 3. The smallest absolute Gasteiger partial charge is 0.340 e. The van der Waals surface area contributed by atoms with Crippen LogP contribution < -0.4 is 15.0 Å². The minimum Gasteiger partial charge on any atom is -0.494 e. The van der Waals surface area contributed by atoms with Crippen molar-refractivity contribution in [1.82, 2.24) is 0 Å². The van der Waals surface area contributed by atoms with Gasteiger partial charge in [-0.25, -0.2) is 4.79 Å². The first-order valence-corrected chi connectivity index (χ1v) is 10.1. The van der Waals surface area contributed by atoms with E-state index < -0.39 is 11.9 Å². The summed E-state index contributed by atoms with van der Waals surface area (Å²) in [5, 5.41) is 2.78. The highest BCUT2D eigenvalue weighted by Crippen LogP contribution is 2.28. The van der Waals surface area contributed by atoms with Gasteiger partial charge in [0.25, 0.3) is 0 Å². The van der Waals surface area contributed by atoms with E-state index in [9.17, 15) is 14.4 Å². The van der Waals surface area contributed by atoms with Crippen molar-refractivity contribution in [3.05, 3.63) is 54.1 Å². The third kappa shape index (κ3) is 4.97. The summed E-state index contributed by atoms with van der Waals surface area (Å²) in [5.41, 5.74) is 1.40. The SMILES string of the molecule is CCCOc1ccc(N2C[C@H](C(=O)Nc3ccccc3C(=O)OCC)CC2=O)cc1. The Morgan fingerprint density at radius 2 is 1.83 bits per heavy atom. The maximum absolute atomic E-state index is 12.8. The molecule has 158 valence electrons. The van der Waals surface area contributed by atoms with Crippen molar-refractivity contribution in [3.8, 4) is 5.75 Å². The molecule has 1 N–H and O–H groups in total. The van der Waals surface area contributed by atoms with Crippen LogP contribution in [0.2, 0.25) is 0 Å². The van der Waals surface area contributed by atoms with Crippen LogP contribution in [-0.4, -0.2) is 37.5 Å². The molecule has 2 amide bonds. The molecule has 0 aliphatic carbocycles. The van der Waals surface area contributed by atoms with Gasteiger partial charge in [-0.15, -0.1) is 0 Å². The van der Waals surface area contributed by atoms with Crippen molar-refractivity contribution in [1.29, 1.82) is 0 Å². The van der Waals surface area contributed by atoms with E-state index >= 15 is 0 Å². The van der Waals surface area contributed by atoms with Crippen molar-refractivity contribution in [3.63, 3.8) is 0 Å². The fraction of sp³-hybridized carbons (Fsp3) is 0.348. The summed E-state index contributed by atoms with van der Waals surface area (Å²) in [6.45, 7) is 4.92. The molecule has 30 heavy (non-hydrogen) atoms. The van der Waals surface area contributed by atoms with Crippen LogP contribution in [0.15, 0.2) is 48.5 Å². The van der Waals surface area contributed by atoms with Gasteiger partial charge in [0.15, 0.2) is 0 Å². The van der Waals surface area contributed by atoms with Crippen molar-refractivity contribution in [2.75, 3.05) is 30.0 Å². The van der Waals surface area contributed by atoms with Crippen LogP contribution in [0.4, 0.5) is 11.4 Å². The lowest BCUT2D eigenvalue weighted by molar-refractivity contribution is -0.122. The lowest BCUT2D eigenvalue weighted by Gasteiger charge is -2.17. The van der Waals surface area contributed by atoms with Gasteiger partial charge >= 0.3 is 5.97 Å². The van der Waals surface area contributed by atoms with Crippen molar-refractivity contribution < 1.29 is 23.9 Å². The minimum atomic E-state index is -0.510. The molecule has 0 saturated carbocycles. The summed E-state index contributed by atoms with van der Waals surface area (Å²) in [4.78, 5) is 39.0. The Bertz CT molecular complexity index is 910. The molecular formula is C23H26N2O5. The first-order chi connectivity index (χ1) is 14.5.